The van der Waals surface area contributed by atoms with E-state index in [9.17, 15) is 14.4 Å². The lowest BCUT2D eigenvalue weighted by molar-refractivity contribution is -0.143. The van der Waals surface area contributed by atoms with Crippen molar-refractivity contribution in [1.29, 1.82) is 0 Å². The van der Waals surface area contributed by atoms with Crippen LogP contribution in [0.2, 0.25) is 0 Å². The smallest absolute Gasteiger partial charge is 0.244 e. The summed E-state index contributed by atoms with van der Waals surface area (Å²) in [5.41, 5.74) is 2.94. The summed E-state index contributed by atoms with van der Waals surface area (Å²) in [4.78, 5) is 39.5. The molecule has 3 aromatic rings. The molecule has 31 heavy (non-hydrogen) atoms. The Kier molecular flexibility index (Phi) is 3.88. The van der Waals surface area contributed by atoms with Crippen LogP contribution < -0.4 is 5.32 Å². The third-order valence-electron chi connectivity index (χ3n) is 7.24. The molecule has 6 heteroatoms. The van der Waals surface area contributed by atoms with E-state index in [1.807, 2.05) is 30.3 Å². The number of allylic oxidation sites excluding steroid dienone is 2. The fraction of sp³-hybridized carbons (Fsp3) is 0.320. The van der Waals surface area contributed by atoms with Gasteiger partial charge in [0.25, 0.3) is 0 Å². The lowest BCUT2D eigenvalue weighted by Gasteiger charge is -2.17. The Bertz CT molecular complexity index is 1270. The Hall–Kier alpha value is -3.41. The highest BCUT2D eigenvalue weighted by Gasteiger charge is 2.59. The summed E-state index contributed by atoms with van der Waals surface area (Å²) in [6.07, 6.45) is 5.00. The number of para-hydroxylation sites is 1. The van der Waals surface area contributed by atoms with Crippen LogP contribution in [-0.4, -0.2) is 33.7 Å². The normalized spacial score (nSPS) is 26.4. The predicted octanol–water partition coefficient (Wildman–Crippen LogP) is 3.56. The molecule has 2 aliphatic carbocycles. The number of carbonyl (C=O) groups excluding carboxylic acids is 3. The molecule has 1 aromatic heterocycles. The quantitative estimate of drug-likeness (QED) is 0.525. The van der Waals surface area contributed by atoms with Gasteiger partial charge in [-0.3, -0.25) is 19.3 Å². The van der Waals surface area contributed by atoms with Gasteiger partial charge in [-0.25, -0.2) is 0 Å². The first-order valence-electron chi connectivity index (χ1n) is 10.9. The van der Waals surface area contributed by atoms with Gasteiger partial charge in [-0.15, -0.1) is 0 Å². The summed E-state index contributed by atoms with van der Waals surface area (Å²) >= 11 is 0. The van der Waals surface area contributed by atoms with Crippen LogP contribution >= 0.6 is 0 Å². The second kappa shape index (κ2) is 6.54. The standard InChI is InChI=1S/C25H23N3O3/c1-2-27-19-6-4-3-5-17(19)18-12-16(9-10-20(18)27)26-21(29)13-28-24(30)22-14-7-8-15(11-14)23(22)25(28)31/h3-10,12,14-15,22-23H,2,11,13H2,1H3,(H,26,29)/t14-,15-,22-,23+/m0/s1. The zero-order chi connectivity index (χ0) is 21.3. The first-order chi connectivity index (χ1) is 15.1. The average Bonchev–Trinajstić information content (AvgIpc) is 3.52. The number of benzene rings is 2. The number of aryl methyl sites for hydroxylation is 1. The van der Waals surface area contributed by atoms with Crippen molar-refractivity contribution < 1.29 is 14.4 Å². The number of hydrogen-bond acceptors (Lipinski definition) is 3. The fourth-order valence-electron chi connectivity index (χ4n) is 5.94. The highest BCUT2D eigenvalue weighted by Crippen LogP contribution is 2.52. The lowest BCUT2D eigenvalue weighted by Crippen LogP contribution is -2.39. The second-order valence-electron chi connectivity index (χ2n) is 8.80. The summed E-state index contributed by atoms with van der Waals surface area (Å²) < 4.78 is 2.25. The van der Waals surface area contributed by atoms with Gasteiger partial charge in [0.15, 0.2) is 0 Å². The molecule has 0 unspecified atom stereocenters. The maximum absolute atomic E-state index is 12.8. The molecule has 2 aromatic carbocycles. The highest BCUT2D eigenvalue weighted by molar-refractivity contribution is 6.11. The van der Waals surface area contributed by atoms with E-state index < -0.39 is 0 Å². The molecule has 6 rings (SSSR count). The molecule has 2 bridgehead atoms. The van der Waals surface area contributed by atoms with Crippen LogP contribution in [0.1, 0.15) is 13.3 Å². The number of nitrogens with zero attached hydrogens (tertiary/aromatic N) is 2. The third kappa shape index (κ3) is 2.54. The minimum Gasteiger partial charge on any atom is -0.341 e. The van der Waals surface area contributed by atoms with Crippen molar-refractivity contribution >= 4 is 45.2 Å². The van der Waals surface area contributed by atoms with Gasteiger partial charge in [0.2, 0.25) is 17.7 Å². The van der Waals surface area contributed by atoms with Crippen molar-refractivity contribution in [3.05, 3.63) is 54.6 Å². The lowest BCUT2D eigenvalue weighted by atomic mass is 9.85. The number of fused-ring (bicyclic) bond motifs is 8. The predicted molar refractivity (Wildman–Crippen MR) is 118 cm³/mol. The van der Waals surface area contributed by atoms with E-state index >= 15 is 0 Å². The van der Waals surface area contributed by atoms with Gasteiger partial charge in [-0.2, -0.15) is 0 Å². The Labute approximate surface area is 179 Å². The second-order valence-corrected chi connectivity index (χ2v) is 8.80. The minimum atomic E-state index is -0.347. The van der Waals surface area contributed by atoms with Gasteiger partial charge in [0.05, 0.1) is 11.8 Å². The Balaban J connectivity index is 1.24. The Morgan fingerprint density at radius 1 is 0.968 bits per heavy atom. The molecule has 3 amide bonds. The number of amides is 3. The van der Waals surface area contributed by atoms with E-state index in [0.717, 1.165) is 39.7 Å². The van der Waals surface area contributed by atoms with E-state index in [1.54, 1.807) is 0 Å². The number of carbonyl (C=O) groups is 3. The zero-order valence-electron chi connectivity index (χ0n) is 17.2. The molecule has 2 fully saturated rings. The van der Waals surface area contributed by atoms with Crippen molar-refractivity contribution in [1.82, 2.24) is 9.47 Å². The summed E-state index contributed by atoms with van der Waals surface area (Å²) in [6.45, 7) is 2.75. The highest BCUT2D eigenvalue weighted by atomic mass is 16.2. The fourth-order valence-corrected chi connectivity index (χ4v) is 5.94. The molecule has 0 radical (unpaired) electrons. The third-order valence-corrected chi connectivity index (χ3v) is 7.24. The van der Waals surface area contributed by atoms with Gasteiger partial charge in [0, 0.05) is 34.0 Å². The number of aromatic nitrogens is 1. The Morgan fingerprint density at radius 2 is 1.65 bits per heavy atom. The van der Waals surface area contributed by atoms with Gasteiger partial charge < -0.3 is 9.88 Å². The molecule has 0 spiro atoms. The van der Waals surface area contributed by atoms with Crippen molar-refractivity contribution in [3.63, 3.8) is 0 Å². The molecule has 2 heterocycles. The van der Waals surface area contributed by atoms with E-state index in [4.69, 9.17) is 0 Å². The van der Waals surface area contributed by atoms with Crippen LogP contribution in [0.3, 0.4) is 0 Å². The number of hydrogen-bond donors (Lipinski definition) is 1. The van der Waals surface area contributed by atoms with Crippen LogP contribution in [0.5, 0.6) is 0 Å². The molecular formula is C25H23N3O3. The molecule has 1 saturated heterocycles. The van der Waals surface area contributed by atoms with E-state index in [1.165, 1.54) is 0 Å². The van der Waals surface area contributed by atoms with Crippen LogP contribution in [0.4, 0.5) is 5.69 Å². The minimum absolute atomic E-state index is 0.151. The van der Waals surface area contributed by atoms with E-state index in [2.05, 4.69) is 41.1 Å². The van der Waals surface area contributed by atoms with Crippen LogP contribution in [0, 0.1) is 23.7 Å². The number of imide groups is 1. The number of anilines is 1. The molecule has 6 nitrogen and oxygen atoms in total. The molecule has 3 aliphatic rings. The molecular weight excluding hydrogens is 390 g/mol. The van der Waals surface area contributed by atoms with Crippen molar-refractivity contribution in [2.45, 2.75) is 19.9 Å². The van der Waals surface area contributed by atoms with Crippen LogP contribution in [-0.2, 0) is 20.9 Å². The summed E-state index contributed by atoms with van der Waals surface area (Å²) in [5, 5.41) is 5.09. The van der Waals surface area contributed by atoms with Gasteiger partial charge in [-0.1, -0.05) is 30.4 Å². The van der Waals surface area contributed by atoms with Crippen molar-refractivity contribution in [3.8, 4) is 0 Å². The monoisotopic (exact) mass is 413 g/mol. The van der Waals surface area contributed by atoms with Gasteiger partial charge in [0.1, 0.15) is 6.54 Å². The van der Waals surface area contributed by atoms with Crippen molar-refractivity contribution in [2.24, 2.45) is 23.7 Å². The number of rotatable bonds is 4. The summed E-state index contributed by atoms with van der Waals surface area (Å²) in [7, 11) is 0. The first kappa shape index (κ1) is 18.4. The molecule has 1 aliphatic heterocycles. The molecule has 156 valence electrons. The number of nitrogens with one attached hydrogen (secondary N) is 1. The maximum Gasteiger partial charge on any atom is 0.244 e. The van der Waals surface area contributed by atoms with E-state index in [-0.39, 0.29) is 47.9 Å². The maximum atomic E-state index is 12.8. The van der Waals surface area contributed by atoms with Gasteiger partial charge >= 0.3 is 0 Å². The molecule has 4 atom stereocenters. The summed E-state index contributed by atoms with van der Waals surface area (Å²) in [5.74, 6) is -0.971. The topological polar surface area (TPSA) is 71.4 Å². The molecule has 1 saturated carbocycles. The SMILES string of the molecule is CCn1c2ccccc2c2cc(NC(=O)CN3C(=O)[C@@H]4[C@H](C3=O)[C@H]3C=C[C@H]4C3)ccc21. The van der Waals surface area contributed by atoms with Crippen LogP contribution in [0.25, 0.3) is 21.8 Å². The van der Waals surface area contributed by atoms with E-state index in [0.29, 0.717) is 5.69 Å². The van der Waals surface area contributed by atoms with Crippen molar-refractivity contribution in [2.75, 3.05) is 11.9 Å². The first-order valence-corrected chi connectivity index (χ1v) is 10.9. The largest absolute Gasteiger partial charge is 0.341 e. The van der Waals surface area contributed by atoms with Crippen LogP contribution in [0.15, 0.2) is 54.6 Å². The average molecular weight is 413 g/mol. The summed E-state index contributed by atoms with van der Waals surface area (Å²) in [6, 6.07) is 14.1. The van der Waals surface area contributed by atoms with Gasteiger partial charge in [-0.05, 0) is 49.4 Å². The number of likely N-dealkylation sites (tertiary alicyclic amines) is 1. The zero-order valence-corrected chi connectivity index (χ0v) is 17.2. The molecule has 1 N–H and O–H groups in total. The Morgan fingerprint density at radius 3 is 2.35 bits per heavy atom.